The third-order valence-corrected chi connectivity index (χ3v) is 3.17. The van der Waals surface area contributed by atoms with Crippen LogP contribution in [0.25, 0.3) is 0 Å². The van der Waals surface area contributed by atoms with Crippen LogP contribution in [0.3, 0.4) is 0 Å². The number of ether oxygens (including phenoxy) is 1. The quantitative estimate of drug-likeness (QED) is 0.837. The highest BCUT2D eigenvalue weighted by Crippen LogP contribution is 2.24. The summed E-state index contributed by atoms with van der Waals surface area (Å²) >= 11 is 3.44. The van der Waals surface area contributed by atoms with Crippen LogP contribution in [0, 0.1) is 0 Å². The number of hydrogen-bond acceptors (Lipinski definition) is 3. The lowest BCUT2D eigenvalue weighted by Gasteiger charge is -2.15. The normalized spacial score (nSPS) is 12.2. The van der Waals surface area contributed by atoms with Crippen LogP contribution in [0.15, 0.2) is 22.7 Å². The Balaban J connectivity index is 2.84. The second kappa shape index (κ2) is 6.61. The predicted octanol–water partition coefficient (Wildman–Crippen LogP) is 1.59. The zero-order valence-corrected chi connectivity index (χ0v) is 11.4. The molecule has 4 nitrogen and oxygen atoms in total. The van der Waals surface area contributed by atoms with Gasteiger partial charge in [0.25, 0.3) is 5.91 Å². The van der Waals surface area contributed by atoms with Gasteiger partial charge < -0.3 is 16.2 Å². The molecule has 0 aliphatic rings. The Kier molecular flexibility index (Phi) is 5.44. The molecular weight excluding hydrogens is 284 g/mol. The Morgan fingerprint density at radius 1 is 1.53 bits per heavy atom. The summed E-state index contributed by atoms with van der Waals surface area (Å²) < 4.78 is 6.52. The molecule has 1 amide bonds. The van der Waals surface area contributed by atoms with Crippen molar-refractivity contribution in [3.63, 3.8) is 0 Å². The van der Waals surface area contributed by atoms with Gasteiger partial charge in [-0.1, -0.05) is 22.9 Å². The molecule has 4 N–H and O–H groups in total. The molecule has 1 atom stereocenters. The van der Waals surface area contributed by atoms with Gasteiger partial charge in [0, 0.05) is 4.47 Å². The Bertz CT molecular complexity index is 396. The average Bonchev–Trinajstić information content (AvgIpc) is 2.30. The minimum atomic E-state index is -0.582. The molecule has 0 aliphatic heterocycles. The highest BCUT2D eigenvalue weighted by Gasteiger charge is 2.14. The molecule has 0 radical (unpaired) electrons. The van der Waals surface area contributed by atoms with Crippen molar-refractivity contribution >= 4 is 21.8 Å². The molecule has 0 spiro atoms. The summed E-state index contributed by atoms with van der Waals surface area (Å²) in [4.78, 5) is 11.1. The lowest BCUT2D eigenvalue weighted by molar-refractivity contribution is -0.124. The van der Waals surface area contributed by atoms with Crippen molar-refractivity contribution in [2.45, 2.75) is 25.9 Å². The summed E-state index contributed by atoms with van der Waals surface area (Å²) in [6.07, 6.45) is 0.727. The van der Waals surface area contributed by atoms with Crippen molar-refractivity contribution in [3.8, 4) is 5.75 Å². The maximum atomic E-state index is 11.1. The van der Waals surface area contributed by atoms with Crippen LogP contribution in [0.4, 0.5) is 0 Å². The van der Waals surface area contributed by atoms with E-state index in [9.17, 15) is 4.79 Å². The molecule has 17 heavy (non-hydrogen) atoms. The van der Waals surface area contributed by atoms with Crippen molar-refractivity contribution < 1.29 is 9.53 Å². The van der Waals surface area contributed by atoms with E-state index in [4.69, 9.17) is 16.2 Å². The summed E-state index contributed by atoms with van der Waals surface area (Å²) in [6, 6.07) is 5.56. The van der Waals surface area contributed by atoms with Crippen LogP contribution >= 0.6 is 15.9 Å². The first-order valence-corrected chi connectivity index (χ1v) is 6.32. The summed E-state index contributed by atoms with van der Waals surface area (Å²) in [7, 11) is 0. The third-order valence-electron chi connectivity index (χ3n) is 2.40. The van der Waals surface area contributed by atoms with E-state index in [1.165, 1.54) is 0 Å². The highest BCUT2D eigenvalue weighted by atomic mass is 79.9. The van der Waals surface area contributed by atoms with Crippen LogP contribution in [-0.2, 0) is 11.2 Å². The van der Waals surface area contributed by atoms with Gasteiger partial charge in [-0.3, -0.25) is 4.79 Å². The molecule has 1 aromatic rings. The van der Waals surface area contributed by atoms with Crippen molar-refractivity contribution in [2.24, 2.45) is 11.5 Å². The fourth-order valence-corrected chi connectivity index (χ4v) is 1.92. The first-order valence-electron chi connectivity index (χ1n) is 5.53. The van der Waals surface area contributed by atoms with Gasteiger partial charge in [-0.15, -0.1) is 0 Å². The van der Waals surface area contributed by atoms with Crippen LogP contribution in [-0.4, -0.2) is 18.6 Å². The summed E-state index contributed by atoms with van der Waals surface area (Å²) in [5.74, 6) is 0.193. The van der Waals surface area contributed by atoms with Crippen molar-refractivity contribution in [1.82, 2.24) is 0 Å². The van der Waals surface area contributed by atoms with E-state index in [0.29, 0.717) is 18.7 Å². The molecular formula is C12H17BrN2O2. The molecule has 0 saturated carbocycles. The number of amides is 1. The number of carbonyl (C=O) groups excluding carboxylic acids is 1. The van der Waals surface area contributed by atoms with E-state index in [2.05, 4.69) is 15.9 Å². The molecule has 94 valence electrons. The molecule has 1 aromatic carbocycles. The molecule has 0 fully saturated rings. The fraction of sp³-hybridized carbons (Fsp3) is 0.417. The lowest BCUT2D eigenvalue weighted by Crippen LogP contribution is -2.33. The molecule has 0 aliphatic carbocycles. The minimum Gasteiger partial charge on any atom is -0.481 e. The maximum Gasteiger partial charge on any atom is 0.258 e. The average molecular weight is 301 g/mol. The molecule has 5 heteroatoms. The lowest BCUT2D eigenvalue weighted by atomic mass is 10.1. The Morgan fingerprint density at radius 3 is 2.76 bits per heavy atom. The summed E-state index contributed by atoms with van der Waals surface area (Å²) in [5, 5.41) is 0. The largest absolute Gasteiger partial charge is 0.481 e. The number of carbonyl (C=O) groups is 1. The maximum absolute atomic E-state index is 11.1. The highest BCUT2D eigenvalue weighted by molar-refractivity contribution is 9.10. The van der Waals surface area contributed by atoms with E-state index in [-0.39, 0.29) is 0 Å². The van der Waals surface area contributed by atoms with Crippen LogP contribution in [0.2, 0.25) is 0 Å². The number of halogens is 1. The van der Waals surface area contributed by atoms with Gasteiger partial charge in [0.2, 0.25) is 0 Å². The second-order valence-electron chi connectivity index (χ2n) is 3.71. The zero-order valence-electron chi connectivity index (χ0n) is 9.78. The molecule has 0 heterocycles. The van der Waals surface area contributed by atoms with E-state index >= 15 is 0 Å². The van der Waals surface area contributed by atoms with Crippen LogP contribution in [0.5, 0.6) is 5.75 Å². The number of hydrogen-bond donors (Lipinski definition) is 2. The third kappa shape index (κ3) is 4.02. The zero-order chi connectivity index (χ0) is 12.8. The standard InChI is InChI=1S/C12H17BrN2O2/c1-2-11(12(15)16)17-9-3-4-10(13)8(7-9)5-6-14/h3-4,7,11H,2,5-6,14H2,1H3,(H2,15,16). The molecule has 0 aromatic heterocycles. The van der Waals surface area contributed by atoms with E-state index in [1.54, 1.807) is 6.07 Å². The van der Waals surface area contributed by atoms with E-state index in [0.717, 1.165) is 16.5 Å². The predicted molar refractivity (Wildman–Crippen MR) is 70.8 cm³/mol. The van der Waals surface area contributed by atoms with Gasteiger partial charge in [-0.05, 0) is 43.1 Å². The monoisotopic (exact) mass is 300 g/mol. The summed E-state index contributed by atoms with van der Waals surface area (Å²) in [6.45, 7) is 2.42. The number of primary amides is 1. The Labute approximate surface area is 109 Å². The van der Waals surface area contributed by atoms with Crippen molar-refractivity contribution in [1.29, 1.82) is 0 Å². The molecule has 1 unspecified atom stereocenters. The Hall–Kier alpha value is -1.07. The molecule has 0 saturated heterocycles. The van der Waals surface area contributed by atoms with Crippen molar-refractivity contribution in [2.75, 3.05) is 6.54 Å². The number of benzene rings is 1. The van der Waals surface area contributed by atoms with Gasteiger partial charge in [-0.25, -0.2) is 0 Å². The first-order chi connectivity index (χ1) is 8.08. The van der Waals surface area contributed by atoms with Gasteiger partial charge in [0.05, 0.1) is 0 Å². The second-order valence-corrected chi connectivity index (χ2v) is 4.56. The SMILES string of the molecule is CCC(Oc1ccc(Br)c(CCN)c1)C(N)=O. The topological polar surface area (TPSA) is 78.3 Å². The van der Waals surface area contributed by atoms with Gasteiger partial charge in [0.1, 0.15) is 5.75 Å². The minimum absolute atomic E-state index is 0.448. The smallest absolute Gasteiger partial charge is 0.258 e. The van der Waals surface area contributed by atoms with Gasteiger partial charge >= 0.3 is 0 Å². The molecule has 0 bridgehead atoms. The van der Waals surface area contributed by atoms with Crippen LogP contribution in [0.1, 0.15) is 18.9 Å². The summed E-state index contributed by atoms with van der Waals surface area (Å²) in [5.41, 5.74) is 11.8. The fourth-order valence-electron chi connectivity index (χ4n) is 1.48. The molecule has 1 rings (SSSR count). The van der Waals surface area contributed by atoms with Gasteiger partial charge in [0.15, 0.2) is 6.10 Å². The van der Waals surface area contributed by atoms with Crippen molar-refractivity contribution in [3.05, 3.63) is 28.2 Å². The van der Waals surface area contributed by atoms with Crippen LogP contribution < -0.4 is 16.2 Å². The number of rotatable bonds is 6. The Morgan fingerprint density at radius 2 is 2.24 bits per heavy atom. The van der Waals surface area contributed by atoms with E-state index < -0.39 is 12.0 Å². The van der Waals surface area contributed by atoms with Gasteiger partial charge in [-0.2, -0.15) is 0 Å². The number of nitrogens with two attached hydrogens (primary N) is 2. The first kappa shape index (κ1) is 14.0. The van der Waals surface area contributed by atoms with E-state index in [1.807, 2.05) is 19.1 Å².